The molecule has 0 bridgehead atoms. The molecule has 48 heavy (non-hydrogen) atoms. The normalized spacial score (nSPS) is 16.8. The molecule has 0 fully saturated rings. The molecule has 0 amide bonds. The van der Waals surface area contributed by atoms with Crippen molar-refractivity contribution in [3.05, 3.63) is 137 Å². The van der Waals surface area contributed by atoms with E-state index in [4.69, 9.17) is 0 Å². The molecular formula is C32H18BF10N5+2. The number of allylic oxidation sites excluding steroid dienone is 2. The number of hydrogen-bond donors (Lipinski definition) is 0. The van der Waals surface area contributed by atoms with E-state index < -0.39 is 76.2 Å². The van der Waals surface area contributed by atoms with Crippen molar-refractivity contribution >= 4 is 23.8 Å². The summed E-state index contributed by atoms with van der Waals surface area (Å²) in [7, 11) is 0. The molecular weight excluding hydrogens is 655 g/mol. The molecule has 0 saturated heterocycles. The van der Waals surface area contributed by atoms with E-state index in [2.05, 4.69) is 4.98 Å². The van der Waals surface area contributed by atoms with Crippen LogP contribution in [0.5, 0.6) is 0 Å². The summed E-state index contributed by atoms with van der Waals surface area (Å²) in [5.74, 6) is -23.6. The maximum absolute atomic E-state index is 16.0. The van der Waals surface area contributed by atoms with Crippen LogP contribution in [0.25, 0.3) is 22.8 Å². The van der Waals surface area contributed by atoms with Gasteiger partial charge in [0, 0.05) is 37.4 Å². The van der Waals surface area contributed by atoms with Crippen molar-refractivity contribution in [1.29, 1.82) is 0 Å². The average Bonchev–Trinajstić information content (AvgIpc) is 3.38. The Kier molecular flexibility index (Phi) is 6.96. The molecule has 5 heterocycles. The summed E-state index contributed by atoms with van der Waals surface area (Å²) in [5.41, 5.74) is -3.01. The van der Waals surface area contributed by atoms with Gasteiger partial charge in [-0.2, -0.15) is 8.78 Å². The van der Waals surface area contributed by atoms with Crippen LogP contribution < -0.4 is 13.8 Å². The lowest BCUT2D eigenvalue weighted by atomic mass is 9.65. The van der Waals surface area contributed by atoms with E-state index in [1.807, 2.05) is 0 Å². The molecule has 0 unspecified atom stereocenters. The summed E-state index contributed by atoms with van der Waals surface area (Å²) in [6.07, 6.45) is 3.72. The first-order chi connectivity index (χ1) is 22.8. The fourth-order valence-electron chi connectivity index (χ4n) is 6.82. The van der Waals surface area contributed by atoms with Crippen molar-refractivity contribution < 1.29 is 57.3 Å². The zero-order valence-electron chi connectivity index (χ0n) is 24.5. The minimum Gasteiger partial charge on any atom is -0.306 e. The standard InChI is InChI=1S/C32H18BF10N5/c1-15-14-16(2)47(32-29(42)25(38)22(35)26(39)30(32)43)33(46(15)31-27(40)23(36)21(34)24(37)28(31)41)45-13-6-4-9-19(45)20-11-7-10-18(48(20)33)17-8-3-5-12-44-17/h3-14H,1-2H3/q+2. The molecule has 5 nitrogen and oxygen atoms in total. The Morgan fingerprint density at radius 1 is 0.583 bits per heavy atom. The summed E-state index contributed by atoms with van der Waals surface area (Å²) in [4.78, 5) is 4.96. The lowest BCUT2D eigenvalue weighted by Gasteiger charge is -2.38. The first kappa shape index (κ1) is 31.1. The van der Waals surface area contributed by atoms with Gasteiger partial charge in [0.2, 0.25) is 52.0 Å². The van der Waals surface area contributed by atoms with Gasteiger partial charge in [0.15, 0.2) is 29.0 Å². The Morgan fingerprint density at radius 3 is 1.73 bits per heavy atom. The molecule has 5 aromatic rings. The quantitative estimate of drug-likeness (QED) is 0.0918. The largest absolute Gasteiger partial charge is 0.933 e. The van der Waals surface area contributed by atoms with Crippen molar-refractivity contribution in [3.8, 4) is 22.8 Å². The molecule has 0 saturated carbocycles. The molecule has 3 aromatic heterocycles. The second kappa shape index (κ2) is 10.8. The third kappa shape index (κ3) is 3.88. The molecule has 7 rings (SSSR count). The van der Waals surface area contributed by atoms with Gasteiger partial charge in [-0.25, -0.2) is 48.6 Å². The molecule has 1 atom stereocenters. The molecule has 1 spiro atoms. The first-order valence-electron chi connectivity index (χ1n) is 14.1. The molecule has 2 aliphatic rings. The van der Waals surface area contributed by atoms with Crippen molar-refractivity contribution in [3.63, 3.8) is 0 Å². The van der Waals surface area contributed by atoms with Gasteiger partial charge in [-0.15, -0.1) is 0 Å². The van der Waals surface area contributed by atoms with Gasteiger partial charge in [0.1, 0.15) is 17.6 Å². The van der Waals surface area contributed by atoms with Crippen molar-refractivity contribution in [2.45, 2.75) is 13.8 Å². The topological polar surface area (TPSA) is 26.9 Å². The number of nitrogens with zero attached hydrogens (tertiary/aromatic N) is 5. The first-order valence-corrected chi connectivity index (χ1v) is 14.1. The van der Waals surface area contributed by atoms with Gasteiger partial charge in [0.05, 0.1) is 5.69 Å². The van der Waals surface area contributed by atoms with E-state index in [0.717, 1.165) is 6.08 Å². The lowest BCUT2D eigenvalue weighted by molar-refractivity contribution is -0.719. The van der Waals surface area contributed by atoms with E-state index in [1.54, 1.807) is 18.2 Å². The summed E-state index contributed by atoms with van der Waals surface area (Å²) in [5, 5.41) is 0. The molecule has 0 aliphatic carbocycles. The monoisotopic (exact) mass is 673 g/mol. The number of halogens is 10. The Labute approximate surface area is 264 Å². The third-order valence-corrected chi connectivity index (χ3v) is 8.55. The van der Waals surface area contributed by atoms with E-state index >= 15 is 35.1 Å². The van der Waals surface area contributed by atoms with Gasteiger partial charge < -0.3 is 4.81 Å². The summed E-state index contributed by atoms with van der Waals surface area (Å²) in [6, 6.07) is 13.6. The highest BCUT2D eigenvalue weighted by atomic mass is 19.2. The van der Waals surface area contributed by atoms with Crippen LogP contribution in [-0.2, 0) is 0 Å². The van der Waals surface area contributed by atoms with E-state index in [-0.39, 0.29) is 34.2 Å². The highest BCUT2D eigenvalue weighted by Gasteiger charge is 2.80. The SMILES string of the molecule is CC1=CC(C)=[N+](c2c(F)c(F)c(F)c(F)c2F)[B@@-]2(N1c1c(F)c(F)c(F)c(F)c1F)[n+]1ccccc1-c1cccc(-c3ccccn3)[n+]12. The number of rotatable bonds is 3. The summed E-state index contributed by atoms with van der Waals surface area (Å²) in [6.45, 7) is -1.42. The molecule has 0 N–H and O–H groups in total. The van der Waals surface area contributed by atoms with Crippen molar-refractivity contribution in [2.75, 3.05) is 4.81 Å². The van der Waals surface area contributed by atoms with Crippen molar-refractivity contribution in [2.24, 2.45) is 0 Å². The van der Waals surface area contributed by atoms with Crippen LogP contribution in [0.1, 0.15) is 13.8 Å². The van der Waals surface area contributed by atoms with Crippen LogP contribution in [-0.4, -0.2) is 21.9 Å². The van der Waals surface area contributed by atoms with Gasteiger partial charge in [-0.05, 0) is 43.0 Å². The Balaban J connectivity index is 1.78. The Hall–Kier alpha value is -5.54. The molecule has 0 radical (unpaired) electrons. The van der Waals surface area contributed by atoms with Crippen molar-refractivity contribution in [1.82, 2.24) is 4.98 Å². The predicted octanol–water partition coefficient (Wildman–Crippen LogP) is 6.76. The van der Waals surface area contributed by atoms with Crippen LogP contribution >= 0.6 is 0 Å². The number of benzene rings is 2. The third-order valence-electron chi connectivity index (χ3n) is 8.55. The number of fused-ring (bicyclic) bond motifs is 5. The van der Waals surface area contributed by atoms with Gasteiger partial charge in [-0.1, -0.05) is 6.07 Å². The molecule has 2 aromatic carbocycles. The van der Waals surface area contributed by atoms with Gasteiger partial charge in [0.25, 0.3) is 0 Å². The second-order valence-electron chi connectivity index (χ2n) is 11.1. The van der Waals surface area contributed by atoms with E-state index in [9.17, 15) is 8.78 Å². The minimum atomic E-state index is -3.88. The lowest BCUT2D eigenvalue weighted by Crippen LogP contribution is -2.92. The maximum atomic E-state index is 16.0. The van der Waals surface area contributed by atoms with E-state index in [1.165, 1.54) is 71.6 Å². The summed E-state index contributed by atoms with van der Waals surface area (Å²) >= 11 is 0. The molecule has 16 heteroatoms. The van der Waals surface area contributed by atoms with Crippen LogP contribution in [0.2, 0.25) is 0 Å². The second-order valence-corrected chi connectivity index (χ2v) is 11.1. The predicted molar refractivity (Wildman–Crippen MR) is 151 cm³/mol. The van der Waals surface area contributed by atoms with Gasteiger partial charge in [-0.3, -0.25) is 4.98 Å². The van der Waals surface area contributed by atoms with E-state index in [0.29, 0.717) is 9.30 Å². The number of hydrogen-bond acceptors (Lipinski definition) is 2. The van der Waals surface area contributed by atoms with Crippen LogP contribution in [0, 0.1) is 58.2 Å². The zero-order chi connectivity index (χ0) is 34.4. The summed E-state index contributed by atoms with van der Waals surface area (Å²) < 4.78 is 156. The zero-order valence-corrected chi connectivity index (χ0v) is 24.5. The van der Waals surface area contributed by atoms with Crippen LogP contribution in [0.15, 0.2) is 78.8 Å². The number of anilines is 1. The number of pyridine rings is 3. The smallest absolute Gasteiger partial charge is 0.306 e. The maximum Gasteiger partial charge on any atom is 0.933 e. The molecule has 2 aliphatic heterocycles. The fraction of sp³-hybridized carbons (Fsp3) is 0.0625. The van der Waals surface area contributed by atoms with Crippen LogP contribution in [0.3, 0.4) is 0 Å². The van der Waals surface area contributed by atoms with Gasteiger partial charge >= 0.3 is 6.69 Å². The Morgan fingerprint density at radius 2 is 1.12 bits per heavy atom. The highest BCUT2D eigenvalue weighted by Crippen LogP contribution is 2.42. The van der Waals surface area contributed by atoms with Crippen LogP contribution in [0.4, 0.5) is 55.3 Å². The highest BCUT2D eigenvalue weighted by molar-refractivity contribution is 6.63. The minimum absolute atomic E-state index is 0.0713. The average molecular weight is 673 g/mol. The number of aromatic nitrogens is 3. The Bertz CT molecular complexity index is 2240. The fourth-order valence-corrected chi connectivity index (χ4v) is 6.82. The molecule has 242 valence electrons.